The van der Waals surface area contributed by atoms with Gasteiger partial charge in [0.15, 0.2) is 0 Å². The van der Waals surface area contributed by atoms with E-state index >= 15 is 0 Å². The fourth-order valence-corrected chi connectivity index (χ4v) is 3.19. The molecule has 1 atom stereocenters. The van der Waals surface area contributed by atoms with Crippen molar-refractivity contribution < 1.29 is 5.11 Å². The summed E-state index contributed by atoms with van der Waals surface area (Å²) in [6.45, 7) is 13.1. The fraction of sp³-hybridized carbons (Fsp3) is 0.647. The van der Waals surface area contributed by atoms with Crippen molar-refractivity contribution in [3.05, 3.63) is 28.8 Å². The second-order valence-electron chi connectivity index (χ2n) is 7.55. The Morgan fingerprint density at radius 3 is 1.75 bits per heavy atom. The summed E-state index contributed by atoms with van der Waals surface area (Å²) in [7, 11) is 0. The molecule has 0 radical (unpaired) electrons. The van der Waals surface area contributed by atoms with Gasteiger partial charge in [-0.1, -0.05) is 53.7 Å². The molecule has 3 heteroatoms. The van der Waals surface area contributed by atoms with Crippen molar-refractivity contribution in [3.63, 3.8) is 0 Å². The lowest BCUT2D eigenvalue weighted by molar-refractivity contribution is 0.198. The molecule has 0 bridgehead atoms. The average molecular weight is 315 g/mol. The summed E-state index contributed by atoms with van der Waals surface area (Å²) in [5.74, 6) is 0.262. The summed E-state index contributed by atoms with van der Waals surface area (Å²) in [5.41, 5.74) is 3.64. The van der Waals surface area contributed by atoms with Crippen LogP contribution in [0, 0.1) is 0 Å². The zero-order chi connectivity index (χ0) is 15.7. The van der Waals surface area contributed by atoms with Gasteiger partial charge in [-0.15, -0.1) is 24.2 Å². The third kappa shape index (κ3) is 4.41. The van der Waals surface area contributed by atoms with Crippen LogP contribution in [0.4, 0.5) is 0 Å². The molecule has 0 aliphatic rings. The highest BCUT2D eigenvalue weighted by molar-refractivity contribution is 7.80. The number of aliphatic hydroxyl groups is 1. The number of thiol groups is 1. The number of hydrogen-bond donors (Lipinski definition) is 2. The summed E-state index contributed by atoms with van der Waals surface area (Å²) in [5, 5.41) is 9.82. The predicted octanol–water partition coefficient (Wildman–Crippen LogP) is 4.71. The van der Waals surface area contributed by atoms with Crippen LogP contribution in [0.3, 0.4) is 0 Å². The molecule has 0 aliphatic carbocycles. The molecular weight excluding hydrogens is 288 g/mol. The van der Waals surface area contributed by atoms with Gasteiger partial charge in [0, 0.05) is 10.8 Å². The summed E-state index contributed by atoms with van der Waals surface area (Å²) < 4.78 is 0. The van der Waals surface area contributed by atoms with Gasteiger partial charge in [0.1, 0.15) is 0 Å². The first kappa shape index (κ1) is 17.9. The van der Waals surface area contributed by atoms with E-state index < -0.39 is 6.10 Å². The van der Waals surface area contributed by atoms with Crippen molar-refractivity contribution in [1.82, 2.24) is 0 Å². The van der Waals surface area contributed by atoms with Crippen molar-refractivity contribution >= 4 is 24.2 Å². The van der Waals surface area contributed by atoms with Gasteiger partial charge in [-0.2, -0.15) is 0 Å². The lowest BCUT2D eigenvalue weighted by atomic mass is 9.79. The summed E-state index contributed by atoms with van der Waals surface area (Å²) in [6, 6.07) is 4.32. The number of benzene rings is 1. The first-order chi connectivity index (χ1) is 8.96. The monoisotopic (exact) mass is 314 g/mol. The average Bonchev–Trinajstić information content (AvgIpc) is 2.28. The number of aliphatic hydroxyl groups excluding tert-OH is 1. The first-order valence-electron chi connectivity index (χ1n) is 7.07. The molecule has 0 saturated heterocycles. The molecule has 1 aromatic rings. The molecule has 0 spiro atoms. The van der Waals surface area contributed by atoms with Crippen LogP contribution in [0.1, 0.15) is 58.2 Å². The normalized spacial score (nSPS) is 14.4. The zero-order valence-corrected chi connectivity index (χ0v) is 15.1. The second kappa shape index (κ2) is 6.29. The smallest absolute Gasteiger partial charge is 0.0715 e. The highest BCUT2D eigenvalue weighted by Gasteiger charge is 2.25. The van der Waals surface area contributed by atoms with Crippen molar-refractivity contribution in [2.45, 2.75) is 69.8 Å². The van der Waals surface area contributed by atoms with E-state index in [0.717, 1.165) is 10.5 Å². The Labute approximate surface area is 134 Å². The highest BCUT2D eigenvalue weighted by Crippen LogP contribution is 2.37. The molecule has 1 N–H and O–H groups in total. The van der Waals surface area contributed by atoms with Gasteiger partial charge < -0.3 is 5.11 Å². The second-order valence-corrected chi connectivity index (χ2v) is 8.31. The molecule has 114 valence electrons. The lowest BCUT2D eigenvalue weighted by Crippen LogP contribution is -2.20. The maximum atomic E-state index is 9.82. The van der Waals surface area contributed by atoms with Crippen LogP contribution in [0.5, 0.6) is 0 Å². The number of halogens is 1. The molecule has 1 rings (SSSR count). The summed E-state index contributed by atoms with van der Waals surface area (Å²) in [6.07, 6.45) is 0.0899. The SMILES string of the molecule is CC(C)(C)c1cc(CC(O)CCl)cc(C(C)(C)C)c1S. The van der Waals surface area contributed by atoms with E-state index in [1.807, 2.05) is 0 Å². The van der Waals surface area contributed by atoms with Gasteiger partial charge in [-0.05, 0) is 33.9 Å². The minimum Gasteiger partial charge on any atom is -0.392 e. The van der Waals surface area contributed by atoms with Gasteiger partial charge in [0.2, 0.25) is 0 Å². The maximum Gasteiger partial charge on any atom is 0.0715 e. The van der Waals surface area contributed by atoms with E-state index in [-0.39, 0.29) is 16.7 Å². The quantitative estimate of drug-likeness (QED) is 0.611. The van der Waals surface area contributed by atoms with Crippen LogP contribution in [0.2, 0.25) is 0 Å². The van der Waals surface area contributed by atoms with Crippen LogP contribution in [-0.2, 0) is 17.3 Å². The largest absolute Gasteiger partial charge is 0.392 e. The molecule has 0 aromatic heterocycles. The molecule has 0 aliphatic heterocycles. The number of hydrogen-bond acceptors (Lipinski definition) is 2. The predicted molar refractivity (Wildman–Crippen MR) is 91.5 cm³/mol. The summed E-state index contributed by atoms with van der Waals surface area (Å²) >= 11 is 10.5. The van der Waals surface area contributed by atoms with E-state index in [2.05, 4.69) is 53.7 Å². The Morgan fingerprint density at radius 1 is 1.05 bits per heavy atom. The van der Waals surface area contributed by atoms with Gasteiger partial charge >= 0.3 is 0 Å². The number of alkyl halides is 1. The molecule has 0 fully saturated rings. The molecule has 1 nitrogen and oxygen atoms in total. The zero-order valence-electron chi connectivity index (χ0n) is 13.4. The molecular formula is C17H27ClOS. The van der Waals surface area contributed by atoms with Crippen LogP contribution in [0.25, 0.3) is 0 Å². The van der Waals surface area contributed by atoms with Crippen LogP contribution < -0.4 is 0 Å². The third-order valence-electron chi connectivity index (χ3n) is 3.44. The highest BCUT2D eigenvalue weighted by atomic mass is 35.5. The van der Waals surface area contributed by atoms with Gasteiger partial charge in [-0.25, -0.2) is 0 Å². The van der Waals surface area contributed by atoms with Gasteiger partial charge in [0.25, 0.3) is 0 Å². The Bertz CT molecular complexity index is 434. The van der Waals surface area contributed by atoms with Crippen molar-refractivity contribution in [1.29, 1.82) is 0 Å². The molecule has 1 aromatic carbocycles. The van der Waals surface area contributed by atoms with Crippen molar-refractivity contribution in [2.24, 2.45) is 0 Å². The molecule has 20 heavy (non-hydrogen) atoms. The molecule has 0 saturated carbocycles. The van der Waals surface area contributed by atoms with Crippen molar-refractivity contribution in [3.8, 4) is 0 Å². The minimum absolute atomic E-state index is 0.0268. The standard InChI is InChI=1S/C17H27ClOS/c1-16(2,3)13-8-11(7-12(19)10-18)9-14(15(13)20)17(4,5)6/h8-9,12,19-20H,7,10H2,1-6H3. The fourth-order valence-electron chi connectivity index (χ4n) is 2.28. The Balaban J connectivity index is 3.42. The third-order valence-corrected chi connectivity index (χ3v) is 4.27. The Hall–Kier alpha value is -0.180. The number of rotatable bonds is 3. The van der Waals surface area contributed by atoms with Crippen molar-refractivity contribution in [2.75, 3.05) is 5.88 Å². The van der Waals surface area contributed by atoms with Crippen LogP contribution >= 0.6 is 24.2 Å². The van der Waals surface area contributed by atoms with Crippen LogP contribution in [-0.4, -0.2) is 17.1 Å². The van der Waals surface area contributed by atoms with E-state index in [0.29, 0.717) is 6.42 Å². The lowest BCUT2D eigenvalue weighted by Gasteiger charge is -2.29. The molecule has 1 unspecified atom stereocenters. The van der Waals surface area contributed by atoms with E-state index in [9.17, 15) is 5.11 Å². The molecule has 0 amide bonds. The van der Waals surface area contributed by atoms with Crippen LogP contribution in [0.15, 0.2) is 17.0 Å². The maximum absolute atomic E-state index is 9.82. The van der Waals surface area contributed by atoms with E-state index in [1.165, 1.54) is 11.1 Å². The molecule has 0 heterocycles. The first-order valence-corrected chi connectivity index (χ1v) is 8.06. The topological polar surface area (TPSA) is 20.2 Å². The van der Waals surface area contributed by atoms with E-state index in [4.69, 9.17) is 24.2 Å². The Kier molecular flexibility index (Phi) is 5.62. The minimum atomic E-state index is -0.497. The van der Waals surface area contributed by atoms with Gasteiger partial charge in [-0.3, -0.25) is 0 Å². The van der Waals surface area contributed by atoms with E-state index in [1.54, 1.807) is 0 Å². The van der Waals surface area contributed by atoms with Gasteiger partial charge in [0.05, 0.1) is 6.10 Å². The Morgan fingerprint density at radius 2 is 1.45 bits per heavy atom. The summed E-state index contributed by atoms with van der Waals surface area (Å²) in [4.78, 5) is 1.06.